The first-order valence-electron chi connectivity index (χ1n) is 6.03. The fourth-order valence-corrected chi connectivity index (χ4v) is 1.50. The van der Waals surface area contributed by atoms with Gasteiger partial charge in [-0.25, -0.2) is 8.78 Å². The van der Waals surface area contributed by atoms with Crippen LogP contribution in [0.1, 0.15) is 13.3 Å². The standard InChI is InChI=1S/C13H18F2N2O2/c1-9(13(18)16-7-4-8-19-2)17-12-10(14)5-3-6-11(12)15/h3,5-6,9,17H,4,7-8H2,1-2H3,(H,16,18). The second-order valence-electron chi connectivity index (χ2n) is 4.10. The Morgan fingerprint density at radius 3 is 2.58 bits per heavy atom. The lowest BCUT2D eigenvalue weighted by Crippen LogP contribution is -2.38. The fraction of sp³-hybridized carbons (Fsp3) is 0.462. The largest absolute Gasteiger partial charge is 0.385 e. The van der Waals surface area contributed by atoms with Crippen LogP contribution in [0.2, 0.25) is 0 Å². The first-order valence-corrected chi connectivity index (χ1v) is 6.03. The molecular weight excluding hydrogens is 254 g/mol. The Balaban J connectivity index is 2.50. The zero-order valence-corrected chi connectivity index (χ0v) is 11.0. The van der Waals surface area contributed by atoms with E-state index in [1.807, 2.05) is 0 Å². The number of carbonyl (C=O) groups is 1. The summed E-state index contributed by atoms with van der Waals surface area (Å²) in [5.41, 5.74) is -0.290. The summed E-state index contributed by atoms with van der Waals surface area (Å²) in [4.78, 5) is 11.7. The van der Waals surface area contributed by atoms with E-state index >= 15 is 0 Å². The van der Waals surface area contributed by atoms with E-state index in [2.05, 4.69) is 10.6 Å². The van der Waals surface area contributed by atoms with Gasteiger partial charge in [-0.2, -0.15) is 0 Å². The third-order valence-electron chi connectivity index (χ3n) is 2.54. The molecule has 0 aliphatic rings. The van der Waals surface area contributed by atoms with Crippen molar-refractivity contribution in [2.24, 2.45) is 0 Å². The zero-order chi connectivity index (χ0) is 14.3. The summed E-state index contributed by atoms with van der Waals surface area (Å²) in [5.74, 6) is -1.77. The molecule has 0 aliphatic heterocycles. The third kappa shape index (κ3) is 4.82. The van der Waals surface area contributed by atoms with Crippen molar-refractivity contribution in [3.05, 3.63) is 29.8 Å². The number of para-hydroxylation sites is 1. The van der Waals surface area contributed by atoms with E-state index in [1.165, 1.54) is 13.0 Å². The molecule has 0 heterocycles. The number of benzene rings is 1. The normalized spacial score (nSPS) is 12.0. The molecule has 0 aromatic heterocycles. The lowest BCUT2D eigenvalue weighted by atomic mass is 10.2. The molecule has 1 rings (SSSR count). The molecule has 1 aromatic rings. The van der Waals surface area contributed by atoms with Crippen LogP contribution in [-0.4, -0.2) is 32.2 Å². The highest BCUT2D eigenvalue weighted by molar-refractivity contribution is 5.84. The van der Waals surface area contributed by atoms with Gasteiger partial charge in [-0.05, 0) is 25.5 Å². The smallest absolute Gasteiger partial charge is 0.242 e. The van der Waals surface area contributed by atoms with E-state index in [1.54, 1.807) is 7.11 Å². The molecule has 0 saturated carbocycles. The van der Waals surface area contributed by atoms with E-state index in [0.717, 1.165) is 12.1 Å². The molecule has 0 radical (unpaired) electrons. The number of carbonyl (C=O) groups excluding carboxylic acids is 1. The molecule has 0 fully saturated rings. The first-order chi connectivity index (χ1) is 9.06. The zero-order valence-electron chi connectivity index (χ0n) is 11.0. The predicted octanol–water partition coefficient (Wildman–Crippen LogP) is 1.92. The van der Waals surface area contributed by atoms with E-state index in [0.29, 0.717) is 19.6 Å². The molecule has 0 aliphatic carbocycles. The van der Waals surface area contributed by atoms with Gasteiger partial charge in [0.2, 0.25) is 5.91 Å². The number of methoxy groups -OCH3 is 1. The maximum Gasteiger partial charge on any atom is 0.242 e. The lowest BCUT2D eigenvalue weighted by Gasteiger charge is -2.16. The van der Waals surface area contributed by atoms with E-state index in [-0.39, 0.29) is 11.6 Å². The molecule has 0 spiro atoms. The van der Waals surface area contributed by atoms with E-state index in [4.69, 9.17) is 4.74 Å². The Bertz CT molecular complexity index is 407. The van der Waals surface area contributed by atoms with E-state index < -0.39 is 17.7 Å². The van der Waals surface area contributed by atoms with E-state index in [9.17, 15) is 13.6 Å². The average molecular weight is 272 g/mol. The van der Waals surface area contributed by atoms with Gasteiger partial charge in [-0.3, -0.25) is 4.79 Å². The minimum Gasteiger partial charge on any atom is -0.385 e. The monoisotopic (exact) mass is 272 g/mol. The summed E-state index contributed by atoms with van der Waals surface area (Å²) in [6.45, 7) is 2.54. The van der Waals surface area contributed by atoms with Gasteiger partial charge in [0.05, 0.1) is 0 Å². The lowest BCUT2D eigenvalue weighted by molar-refractivity contribution is -0.121. The first kappa shape index (κ1) is 15.4. The molecule has 0 bridgehead atoms. The summed E-state index contributed by atoms with van der Waals surface area (Å²) < 4.78 is 31.6. The van der Waals surface area contributed by atoms with Crippen LogP contribution in [0.25, 0.3) is 0 Å². The van der Waals surface area contributed by atoms with Crippen molar-refractivity contribution in [3.63, 3.8) is 0 Å². The number of halogens is 2. The molecule has 19 heavy (non-hydrogen) atoms. The average Bonchev–Trinajstić information content (AvgIpc) is 2.38. The Morgan fingerprint density at radius 2 is 2.00 bits per heavy atom. The van der Waals surface area contributed by atoms with Crippen LogP contribution in [0.4, 0.5) is 14.5 Å². The number of amides is 1. The topological polar surface area (TPSA) is 50.4 Å². The molecule has 0 saturated heterocycles. The second kappa shape index (κ2) is 7.68. The highest BCUT2D eigenvalue weighted by Gasteiger charge is 2.16. The Hall–Kier alpha value is -1.69. The minimum atomic E-state index is -0.728. The number of anilines is 1. The van der Waals surface area contributed by atoms with Gasteiger partial charge in [0.1, 0.15) is 23.4 Å². The Morgan fingerprint density at radius 1 is 1.37 bits per heavy atom. The minimum absolute atomic E-state index is 0.290. The number of rotatable bonds is 7. The van der Waals surface area contributed by atoms with Crippen LogP contribution in [0.3, 0.4) is 0 Å². The van der Waals surface area contributed by atoms with Gasteiger partial charge < -0.3 is 15.4 Å². The van der Waals surface area contributed by atoms with Crippen LogP contribution in [0.5, 0.6) is 0 Å². The van der Waals surface area contributed by atoms with Crippen LogP contribution < -0.4 is 10.6 Å². The highest BCUT2D eigenvalue weighted by atomic mass is 19.1. The summed E-state index contributed by atoms with van der Waals surface area (Å²) in [5, 5.41) is 5.18. The molecule has 1 amide bonds. The van der Waals surface area contributed by atoms with Crippen LogP contribution >= 0.6 is 0 Å². The molecule has 1 atom stereocenters. The predicted molar refractivity (Wildman–Crippen MR) is 68.9 cm³/mol. The summed E-state index contributed by atoms with van der Waals surface area (Å²) in [6.07, 6.45) is 0.684. The fourth-order valence-electron chi connectivity index (χ4n) is 1.50. The number of ether oxygens (including phenoxy) is 1. The van der Waals surface area contributed by atoms with Gasteiger partial charge in [0.15, 0.2) is 0 Å². The molecule has 4 nitrogen and oxygen atoms in total. The molecule has 2 N–H and O–H groups in total. The highest BCUT2D eigenvalue weighted by Crippen LogP contribution is 2.18. The van der Waals surface area contributed by atoms with Crippen LogP contribution in [0, 0.1) is 11.6 Å². The van der Waals surface area contributed by atoms with Crippen molar-refractivity contribution in [1.82, 2.24) is 5.32 Å². The van der Waals surface area contributed by atoms with Crippen molar-refractivity contribution in [3.8, 4) is 0 Å². The van der Waals surface area contributed by atoms with Gasteiger partial charge in [-0.15, -0.1) is 0 Å². The van der Waals surface area contributed by atoms with Crippen molar-refractivity contribution >= 4 is 11.6 Å². The molecule has 6 heteroatoms. The van der Waals surface area contributed by atoms with Crippen molar-refractivity contribution in [2.45, 2.75) is 19.4 Å². The van der Waals surface area contributed by atoms with Crippen LogP contribution in [-0.2, 0) is 9.53 Å². The molecule has 1 aromatic carbocycles. The van der Waals surface area contributed by atoms with Crippen molar-refractivity contribution in [2.75, 3.05) is 25.6 Å². The quantitative estimate of drug-likeness (QED) is 0.746. The second-order valence-corrected chi connectivity index (χ2v) is 4.10. The van der Waals surface area contributed by atoms with Crippen molar-refractivity contribution in [1.29, 1.82) is 0 Å². The maximum atomic E-state index is 13.4. The van der Waals surface area contributed by atoms with Crippen LogP contribution in [0.15, 0.2) is 18.2 Å². The SMILES string of the molecule is COCCCNC(=O)C(C)Nc1c(F)cccc1F. The van der Waals surface area contributed by atoms with Gasteiger partial charge in [0, 0.05) is 20.3 Å². The Labute approximate surface area is 111 Å². The number of hydrogen-bond donors (Lipinski definition) is 2. The van der Waals surface area contributed by atoms with Crippen molar-refractivity contribution < 1.29 is 18.3 Å². The third-order valence-corrected chi connectivity index (χ3v) is 2.54. The maximum absolute atomic E-state index is 13.4. The number of nitrogens with one attached hydrogen (secondary N) is 2. The summed E-state index contributed by atoms with van der Waals surface area (Å²) in [6, 6.07) is 2.81. The number of hydrogen-bond acceptors (Lipinski definition) is 3. The molecular formula is C13H18F2N2O2. The summed E-state index contributed by atoms with van der Waals surface area (Å²) >= 11 is 0. The van der Waals surface area contributed by atoms with Gasteiger partial charge in [0.25, 0.3) is 0 Å². The molecule has 106 valence electrons. The van der Waals surface area contributed by atoms with Gasteiger partial charge in [-0.1, -0.05) is 6.07 Å². The summed E-state index contributed by atoms with van der Waals surface area (Å²) in [7, 11) is 1.58. The molecule has 1 unspecified atom stereocenters. The Kier molecular flexibility index (Phi) is 6.21. The van der Waals surface area contributed by atoms with Gasteiger partial charge >= 0.3 is 0 Å².